The maximum Gasteiger partial charge on any atom is 0.243 e. The van der Waals surface area contributed by atoms with Crippen LogP contribution < -0.4 is 15.4 Å². The fourth-order valence-electron chi connectivity index (χ4n) is 36.0. The Morgan fingerprint density at radius 2 is 0.909 bits per heavy atom. The number of hydrogen-bond acceptors (Lipinski definition) is 11. The number of aliphatic hydroxyl groups excluding tert-OH is 1. The number of aliphatic hydroxyl groups is 1. The third-order valence-corrected chi connectivity index (χ3v) is 42.8. The Morgan fingerprint density at radius 1 is 0.409 bits per heavy atom. The fraction of sp³-hybridized carbons (Fsp3) is 0.632. The molecule has 27 atom stereocenters. The van der Waals surface area contributed by atoms with E-state index in [2.05, 4.69) is 193 Å². The summed E-state index contributed by atoms with van der Waals surface area (Å²) in [6.45, 7) is 26.2. The molecule has 0 saturated heterocycles. The average Bonchev–Trinajstić information content (AvgIpc) is 1.74. The Balaban J connectivity index is 0.0000000995. The van der Waals surface area contributed by atoms with E-state index in [1.54, 1.807) is 30.0 Å². The number of hydrogen-bond donors (Lipinski definition) is 3. The molecule has 5 aromatic heterocycles. The number of methoxy groups -OCH3 is 1. The van der Waals surface area contributed by atoms with Crippen molar-refractivity contribution < 1.29 is 29.0 Å². The van der Waals surface area contributed by atoms with Gasteiger partial charge in [0, 0.05) is 144 Å². The molecule has 20 aliphatic rings. The number of amides is 2. The van der Waals surface area contributed by atoms with Gasteiger partial charge in [0.15, 0.2) is 0 Å². The highest BCUT2D eigenvalue weighted by Crippen LogP contribution is 2.73. The molecular weight excluding hydrogens is 1630 g/mol. The van der Waals surface area contributed by atoms with Crippen LogP contribution >= 0.6 is 0 Å². The van der Waals surface area contributed by atoms with Crippen molar-refractivity contribution in [3.8, 4) is 5.75 Å². The zero-order valence-electron chi connectivity index (χ0n) is 81.4. The van der Waals surface area contributed by atoms with Gasteiger partial charge in [-0.2, -0.15) is 0 Å². The molecule has 15 nitrogen and oxygen atoms in total. The molecule has 25 rings (SSSR count). The number of pyridine rings is 3. The quantitative estimate of drug-likeness (QED) is 0.146. The number of carbonyl (C=O) groups excluding carboxylic acids is 4. The molecule has 0 aromatic carbocycles. The summed E-state index contributed by atoms with van der Waals surface area (Å²) in [6.07, 6.45) is 84.4. The summed E-state index contributed by atoms with van der Waals surface area (Å²) >= 11 is 0. The van der Waals surface area contributed by atoms with Gasteiger partial charge in [0.2, 0.25) is 11.8 Å². The van der Waals surface area contributed by atoms with Crippen molar-refractivity contribution in [2.45, 2.75) is 294 Å². The van der Waals surface area contributed by atoms with Gasteiger partial charge in [-0.15, -0.1) is 0 Å². The molecule has 0 radical (unpaired) electrons. The predicted molar refractivity (Wildman–Crippen MR) is 524 cm³/mol. The largest absolute Gasteiger partial charge is 0.495 e. The van der Waals surface area contributed by atoms with Crippen molar-refractivity contribution in [3.63, 3.8) is 0 Å². The first-order valence-electron chi connectivity index (χ1n) is 52.6. The van der Waals surface area contributed by atoms with Crippen molar-refractivity contribution in [3.05, 3.63) is 199 Å². The van der Waals surface area contributed by atoms with E-state index >= 15 is 0 Å². The van der Waals surface area contributed by atoms with Gasteiger partial charge < -0.3 is 29.6 Å². The Hall–Kier alpha value is -8.43. The lowest BCUT2D eigenvalue weighted by molar-refractivity contribution is -0.150. The van der Waals surface area contributed by atoms with Crippen LogP contribution in [0, 0.1) is 149 Å². The standard InChI is InChI=1S/C25H30N2O2.C24H28N2O.C24H31NO.C22H32N2O.C22H30N2O/c1-24-10-11-27-23(28)13-17(24)4-5-19-21-7-6-20(25(21,2)9-8-22(19)24)16-12-18(29-3)15-26-14-16;1-23-11-13-26-22(27)14-17(23)5-6-18-20-8-7-19(16-4-3-12-25-15-16)24(20,2)10-9-21(18)23;1-23-12-3-6-22(26)21(23)8-7-17-19-10-9-18(16-5-4-14-25-15-16)24(19,2)13-11-20(17)23;2*1-21-9-4-3-5-18(21)19(25)13-15-16-6-7-20(24-12-11-23-14-24)22(16,2)10-8-17(15)21/h6-7,12-15,19,22H,4-5,8-11H2,1-3H3,(H,27,28);3-4,7-8,12,14-15,18,21H,5-6,9-11,13H2,1-2H3,(H,26,27);4-5,9,14-15,17,19-21H,3,6-8,10-13H2,1-2H3;7,11-12,14-19,25H,3-6,8-10,13H2,1-2H3;7,11-12,14-18H,3-6,8-10,13H2,1-2H3/t19-,22?,24-,25+;18-,21?,23-,24+;17-,19-,20?,21?,23+,24+;15-,16-,17?,18?,19?,21+,22-;15-,16-,17?,18?,21+,22-/m00000/s1. The number of nitrogens with one attached hydrogen (secondary N) is 2. The van der Waals surface area contributed by atoms with Crippen LogP contribution in [0.4, 0.5) is 0 Å². The molecule has 13 saturated carbocycles. The van der Waals surface area contributed by atoms with E-state index in [0.717, 1.165) is 132 Å². The molecule has 132 heavy (non-hydrogen) atoms. The lowest BCUT2D eigenvalue weighted by Crippen LogP contribution is -2.56. The van der Waals surface area contributed by atoms with E-state index in [-0.39, 0.29) is 61.2 Å². The van der Waals surface area contributed by atoms with Gasteiger partial charge in [-0.05, 0) is 341 Å². The van der Waals surface area contributed by atoms with Crippen molar-refractivity contribution in [1.29, 1.82) is 0 Å². The van der Waals surface area contributed by atoms with Crippen molar-refractivity contribution in [2.24, 2.45) is 149 Å². The predicted octanol–water partition coefficient (Wildman–Crippen LogP) is 24.7. The van der Waals surface area contributed by atoms with Crippen LogP contribution in [0.25, 0.3) is 28.1 Å². The Labute approximate surface area is 787 Å². The van der Waals surface area contributed by atoms with E-state index in [9.17, 15) is 24.3 Å². The molecule has 15 heteroatoms. The van der Waals surface area contributed by atoms with E-state index < -0.39 is 0 Å². The number of imidazole rings is 2. The van der Waals surface area contributed by atoms with Crippen molar-refractivity contribution >= 4 is 51.5 Å². The van der Waals surface area contributed by atoms with Crippen LogP contribution in [-0.2, 0) is 19.2 Å². The number of allylic oxidation sites excluding steroid dienone is 16. The molecule has 5 aromatic rings. The number of aromatic nitrogens is 7. The van der Waals surface area contributed by atoms with Crippen molar-refractivity contribution in [2.75, 3.05) is 20.2 Å². The number of nitrogens with zero attached hydrogens (tertiary/aromatic N) is 7. The minimum atomic E-state index is -0.0776. The molecular formula is C117H151N9O6. The van der Waals surface area contributed by atoms with Gasteiger partial charge in [0.1, 0.15) is 17.3 Å². The molecule has 18 aliphatic carbocycles. The maximum atomic E-state index is 13.1. The first kappa shape index (κ1) is 90.1. The number of rotatable bonds is 6. The first-order valence-corrected chi connectivity index (χ1v) is 52.6. The highest BCUT2D eigenvalue weighted by molar-refractivity contribution is 5.90. The van der Waals surface area contributed by atoms with Crippen LogP contribution in [0.3, 0.4) is 0 Å². The van der Waals surface area contributed by atoms with Crippen molar-refractivity contribution in [1.82, 2.24) is 44.7 Å². The third-order valence-electron chi connectivity index (χ3n) is 42.8. The number of fused-ring (bicyclic) bond motifs is 25. The first-order chi connectivity index (χ1) is 63.6. The second-order valence-electron chi connectivity index (χ2n) is 48.0. The highest BCUT2D eigenvalue weighted by atomic mass is 16.5. The van der Waals surface area contributed by atoms with Crippen LogP contribution in [-0.4, -0.2) is 88.8 Å². The summed E-state index contributed by atoms with van der Waals surface area (Å²) in [5, 5.41) is 17.1. The van der Waals surface area contributed by atoms with Gasteiger partial charge >= 0.3 is 0 Å². The summed E-state index contributed by atoms with van der Waals surface area (Å²) in [5.41, 5.74) is 19.2. The second kappa shape index (κ2) is 34.4. The summed E-state index contributed by atoms with van der Waals surface area (Å²) in [7, 11) is 1.70. The summed E-state index contributed by atoms with van der Waals surface area (Å²) < 4.78 is 9.87. The van der Waals surface area contributed by atoms with E-state index in [0.29, 0.717) is 87.5 Å². The van der Waals surface area contributed by atoms with Gasteiger partial charge in [-0.1, -0.05) is 172 Å². The summed E-state index contributed by atoms with van der Waals surface area (Å²) in [6, 6.07) is 10.6. The molecule has 2 aliphatic heterocycles. The van der Waals surface area contributed by atoms with Crippen LogP contribution in [0.5, 0.6) is 5.75 Å². The summed E-state index contributed by atoms with van der Waals surface area (Å²) in [4.78, 5) is 71.5. The molecule has 3 N–H and O–H groups in total. The molecule has 9 unspecified atom stereocenters. The van der Waals surface area contributed by atoms with E-state index in [1.807, 2.05) is 74.3 Å². The second-order valence-corrected chi connectivity index (χ2v) is 48.0. The van der Waals surface area contributed by atoms with E-state index in [4.69, 9.17) is 4.74 Å². The number of Topliss-reactive ketones (excluding diaryl/α,β-unsaturated/α-hetero) is 2. The monoisotopic (exact) mass is 1780 g/mol. The minimum absolute atomic E-state index is 0.0750. The smallest absolute Gasteiger partial charge is 0.243 e. The zero-order chi connectivity index (χ0) is 91.3. The number of ether oxygens (including phenoxy) is 1. The lowest BCUT2D eigenvalue weighted by Gasteiger charge is -2.61. The van der Waals surface area contributed by atoms with E-state index in [1.165, 1.54) is 185 Å². The fourth-order valence-corrected chi connectivity index (χ4v) is 36.0. The van der Waals surface area contributed by atoms with Gasteiger partial charge in [-0.25, -0.2) is 9.97 Å². The Bertz CT molecular complexity index is 5560. The van der Waals surface area contributed by atoms with Gasteiger partial charge in [-0.3, -0.25) is 34.1 Å². The third kappa shape index (κ3) is 14.5. The molecule has 0 spiro atoms. The maximum absolute atomic E-state index is 13.1. The van der Waals surface area contributed by atoms with Crippen LogP contribution in [0.1, 0.15) is 304 Å². The minimum Gasteiger partial charge on any atom is -0.495 e. The van der Waals surface area contributed by atoms with Gasteiger partial charge in [0.25, 0.3) is 0 Å². The number of carbonyl (C=O) groups is 4. The van der Waals surface area contributed by atoms with Gasteiger partial charge in [0.05, 0.1) is 32.1 Å². The number of ketones is 2. The average molecular weight is 1780 g/mol. The zero-order valence-corrected chi connectivity index (χ0v) is 81.4. The molecule has 7 heterocycles. The molecule has 0 bridgehead atoms. The Kier molecular flexibility index (Phi) is 23.5. The highest BCUT2D eigenvalue weighted by Gasteiger charge is 2.65. The molecule has 700 valence electrons. The Morgan fingerprint density at radius 3 is 1.48 bits per heavy atom. The normalized spacial score (nSPS) is 42.4. The lowest BCUT2D eigenvalue weighted by atomic mass is 9.44. The SMILES string of the molecule is COc1cncc(C2=CC=C3[C@@H]4CCC5=CC(=O)NCC[C@]5(C)C4CC[C@]23C)c1.C[C@]12CCC3[C@@H](CCC4=CC(=O)NCC[C@@]43C)C1=CC=C2c1cccnc1.C[C@]12CCCC(=O)C1CC[C@@H]1C2CC[C@]2(C)C(c3cccnc3)=CC[C@@H]12.C[C@]12CCCCC1C(=O)C[C@@H]1C2CC[C@]2(C)C(n3ccnc3)=CC[C@@H]12.C[C@]12CCCCC1C(O)C[C@@H]1C2CC[C@]2(C)C(n3ccnc3)=CC[C@@H]12. The molecule has 2 amide bonds. The molecule has 13 fully saturated rings. The summed E-state index contributed by atoms with van der Waals surface area (Å²) in [5.74, 6) is 12.4. The topological polar surface area (TPSA) is 196 Å². The van der Waals surface area contributed by atoms with Crippen LogP contribution in [0.2, 0.25) is 0 Å². The van der Waals surface area contributed by atoms with Crippen LogP contribution in [0.15, 0.2) is 182 Å².